The Balaban J connectivity index is 1.83. The molecule has 3 rings (SSSR count). The average Bonchev–Trinajstić information content (AvgIpc) is 3.06. The number of halogens is 1. The van der Waals surface area contributed by atoms with Gasteiger partial charge >= 0.3 is 12.1 Å². The van der Waals surface area contributed by atoms with Gasteiger partial charge in [-0.2, -0.15) is 0 Å². The molecule has 1 heterocycles. The summed E-state index contributed by atoms with van der Waals surface area (Å²) in [5.74, 6) is -0.656. The third-order valence-corrected chi connectivity index (χ3v) is 4.96. The molecule has 1 aliphatic heterocycles. The maximum absolute atomic E-state index is 14.1. The summed E-state index contributed by atoms with van der Waals surface area (Å²) < 4.78 is 24.4. The molecule has 0 N–H and O–H groups in total. The lowest BCUT2D eigenvalue weighted by Crippen LogP contribution is -2.43. The van der Waals surface area contributed by atoms with Gasteiger partial charge in [0.25, 0.3) is 0 Å². The maximum Gasteiger partial charge on any atom is 0.411 e. The highest BCUT2D eigenvalue weighted by atomic mass is 19.1. The number of carbonyl (C=O) groups excluding carboxylic acids is 2. The van der Waals surface area contributed by atoms with Crippen LogP contribution >= 0.6 is 0 Å². The lowest BCUT2D eigenvalue weighted by atomic mass is 9.93. The molecule has 0 saturated carbocycles. The van der Waals surface area contributed by atoms with Crippen LogP contribution < -0.4 is 0 Å². The van der Waals surface area contributed by atoms with Crippen LogP contribution in [0.5, 0.6) is 0 Å². The van der Waals surface area contributed by atoms with Crippen molar-refractivity contribution in [3.63, 3.8) is 0 Å². The van der Waals surface area contributed by atoms with Crippen molar-refractivity contribution >= 4 is 22.8 Å². The van der Waals surface area contributed by atoms with E-state index >= 15 is 0 Å². The quantitative estimate of drug-likeness (QED) is 0.736. The number of hydrogen-bond acceptors (Lipinski definition) is 4. The number of methoxy groups -OCH3 is 1. The third-order valence-electron chi connectivity index (χ3n) is 4.96. The number of amides is 1. The smallest absolute Gasteiger partial charge is 0.411 e. The van der Waals surface area contributed by atoms with Crippen molar-refractivity contribution in [2.45, 2.75) is 45.3 Å². The summed E-state index contributed by atoms with van der Waals surface area (Å²) >= 11 is 0. The van der Waals surface area contributed by atoms with Gasteiger partial charge in [0.2, 0.25) is 0 Å². The summed E-state index contributed by atoms with van der Waals surface area (Å²) in [6, 6.07) is 9.92. The first-order valence-corrected chi connectivity index (χ1v) is 9.43. The Morgan fingerprint density at radius 2 is 1.82 bits per heavy atom. The van der Waals surface area contributed by atoms with E-state index in [0.717, 1.165) is 10.9 Å². The number of hydrogen-bond donors (Lipinski definition) is 0. The molecule has 1 unspecified atom stereocenters. The van der Waals surface area contributed by atoms with Crippen LogP contribution in [0.15, 0.2) is 36.4 Å². The number of rotatable bonds is 3. The molecule has 150 valence electrons. The van der Waals surface area contributed by atoms with Gasteiger partial charge < -0.3 is 9.47 Å². The van der Waals surface area contributed by atoms with E-state index in [4.69, 9.17) is 9.47 Å². The Kier molecular flexibility index (Phi) is 5.59. The second kappa shape index (κ2) is 7.78. The zero-order valence-corrected chi connectivity index (χ0v) is 16.7. The van der Waals surface area contributed by atoms with Crippen LogP contribution in [-0.4, -0.2) is 42.3 Å². The molecule has 2 aromatic carbocycles. The molecule has 2 aromatic rings. The Bertz CT molecular complexity index is 890. The Morgan fingerprint density at radius 1 is 1.14 bits per heavy atom. The van der Waals surface area contributed by atoms with Crippen LogP contribution in [0, 0.1) is 11.7 Å². The summed E-state index contributed by atoms with van der Waals surface area (Å²) in [5, 5.41) is 1.43. The summed E-state index contributed by atoms with van der Waals surface area (Å²) in [6.45, 7) is 5.75. The van der Waals surface area contributed by atoms with Gasteiger partial charge in [-0.15, -0.1) is 0 Å². The van der Waals surface area contributed by atoms with E-state index in [-0.39, 0.29) is 11.7 Å². The first-order chi connectivity index (χ1) is 13.2. The average molecular weight is 387 g/mol. The van der Waals surface area contributed by atoms with Crippen molar-refractivity contribution in [3.8, 4) is 0 Å². The summed E-state index contributed by atoms with van der Waals surface area (Å²) in [5.41, 5.74) is 0.347. The van der Waals surface area contributed by atoms with Crippen molar-refractivity contribution in [1.82, 2.24) is 4.90 Å². The molecule has 0 bridgehead atoms. The standard InChI is InChI=1S/C22H26FNO4/c1-22(2,3)28-21(26)24-13-14(12-19(24)20(25)27-4)11-15-9-10-18(23)17-8-6-5-7-16(15)17/h5-10,14,19H,11-13H2,1-4H3/t14?,19-/m1/s1. The second-order valence-electron chi connectivity index (χ2n) is 8.23. The zero-order chi connectivity index (χ0) is 20.5. The first-order valence-electron chi connectivity index (χ1n) is 9.43. The van der Waals surface area contributed by atoms with Crippen LogP contribution in [-0.2, 0) is 20.7 Å². The molecular formula is C22H26FNO4. The first kappa shape index (κ1) is 20.1. The highest BCUT2D eigenvalue weighted by Crippen LogP contribution is 2.31. The van der Waals surface area contributed by atoms with Crippen LogP contribution in [0.2, 0.25) is 0 Å². The molecule has 1 aliphatic rings. The highest BCUT2D eigenvalue weighted by Gasteiger charge is 2.42. The van der Waals surface area contributed by atoms with Gasteiger partial charge in [0.05, 0.1) is 7.11 Å². The summed E-state index contributed by atoms with van der Waals surface area (Å²) in [7, 11) is 1.32. The second-order valence-corrected chi connectivity index (χ2v) is 8.23. The normalized spacial score (nSPS) is 19.7. The minimum Gasteiger partial charge on any atom is -0.467 e. The van der Waals surface area contributed by atoms with E-state index in [9.17, 15) is 14.0 Å². The van der Waals surface area contributed by atoms with Crippen molar-refractivity contribution in [2.24, 2.45) is 5.92 Å². The number of fused-ring (bicyclic) bond motifs is 1. The topological polar surface area (TPSA) is 55.8 Å². The predicted octanol–water partition coefficient (Wildman–Crippen LogP) is 4.32. The molecule has 0 spiro atoms. The number of esters is 1. The van der Waals surface area contributed by atoms with Crippen molar-refractivity contribution in [3.05, 3.63) is 47.8 Å². The molecule has 0 radical (unpaired) electrons. The van der Waals surface area contributed by atoms with E-state index in [1.165, 1.54) is 18.1 Å². The van der Waals surface area contributed by atoms with Crippen LogP contribution in [0.4, 0.5) is 9.18 Å². The van der Waals surface area contributed by atoms with Crippen LogP contribution in [0.25, 0.3) is 10.8 Å². The van der Waals surface area contributed by atoms with Crippen LogP contribution in [0.1, 0.15) is 32.8 Å². The van der Waals surface area contributed by atoms with E-state index in [2.05, 4.69) is 0 Å². The summed E-state index contributed by atoms with van der Waals surface area (Å²) in [4.78, 5) is 26.3. The largest absolute Gasteiger partial charge is 0.467 e. The molecular weight excluding hydrogens is 361 g/mol. The molecule has 2 atom stereocenters. The van der Waals surface area contributed by atoms with Crippen LogP contribution in [0.3, 0.4) is 0 Å². The molecule has 0 aliphatic carbocycles. The van der Waals surface area contributed by atoms with Gasteiger partial charge in [-0.1, -0.05) is 30.3 Å². The number of carbonyl (C=O) groups is 2. The summed E-state index contributed by atoms with van der Waals surface area (Å²) in [6.07, 6.45) is 0.597. The minimum atomic E-state index is -0.670. The van der Waals surface area contributed by atoms with E-state index in [1.807, 2.05) is 18.2 Å². The van der Waals surface area contributed by atoms with E-state index in [0.29, 0.717) is 24.8 Å². The Hall–Kier alpha value is -2.63. The van der Waals surface area contributed by atoms with E-state index in [1.54, 1.807) is 32.9 Å². The number of nitrogens with zero attached hydrogens (tertiary/aromatic N) is 1. The number of likely N-dealkylation sites (tertiary alicyclic amines) is 1. The fourth-order valence-corrected chi connectivity index (χ4v) is 3.77. The third kappa shape index (κ3) is 4.26. The minimum absolute atomic E-state index is 0.0467. The zero-order valence-electron chi connectivity index (χ0n) is 16.7. The van der Waals surface area contributed by atoms with E-state index < -0.39 is 23.7 Å². The van der Waals surface area contributed by atoms with Crippen molar-refractivity contribution in [1.29, 1.82) is 0 Å². The molecule has 1 amide bonds. The molecule has 6 heteroatoms. The molecule has 0 aromatic heterocycles. The van der Waals surface area contributed by atoms with Gasteiger partial charge in [-0.3, -0.25) is 4.90 Å². The SMILES string of the molecule is COC(=O)[C@H]1CC(Cc2ccc(F)c3ccccc23)CN1C(=O)OC(C)(C)C. The maximum atomic E-state index is 14.1. The molecule has 5 nitrogen and oxygen atoms in total. The van der Waals surface area contributed by atoms with Gasteiger partial charge in [0, 0.05) is 11.9 Å². The molecule has 1 fully saturated rings. The molecule has 1 saturated heterocycles. The fraction of sp³-hybridized carbons (Fsp3) is 0.455. The lowest BCUT2D eigenvalue weighted by molar-refractivity contribution is -0.145. The highest BCUT2D eigenvalue weighted by molar-refractivity contribution is 5.86. The fourth-order valence-electron chi connectivity index (χ4n) is 3.77. The van der Waals surface area contributed by atoms with Gasteiger partial charge in [-0.05, 0) is 56.5 Å². The molecule has 28 heavy (non-hydrogen) atoms. The van der Waals surface area contributed by atoms with Crippen molar-refractivity contribution in [2.75, 3.05) is 13.7 Å². The van der Waals surface area contributed by atoms with Crippen molar-refractivity contribution < 1.29 is 23.5 Å². The monoisotopic (exact) mass is 387 g/mol. The van der Waals surface area contributed by atoms with Gasteiger partial charge in [0.1, 0.15) is 17.5 Å². The number of benzene rings is 2. The van der Waals surface area contributed by atoms with Gasteiger partial charge in [0.15, 0.2) is 0 Å². The Morgan fingerprint density at radius 3 is 2.46 bits per heavy atom. The Labute approximate surface area is 164 Å². The van der Waals surface area contributed by atoms with Gasteiger partial charge in [-0.25, -0.2) is 14.0 Å². The predicted molar refractivity (Wildman–Crippen MR) is 104 cm³/mol. The lowest BCUT2D eigenvalue weighted by Gasteiger charge is -2.27. The number of ether oxygens (including phenoxy) is 2.